The molecule has 27 heavy (non-hydrogen) atoms. The molecule has 0 unspecified atom stereocenters. The molecule has 0 saturated carbocycles. The number of rotatable bonds is 9. The number of nitrogens with zero attached hydrogens (tertiary/aromatic N) is 1. The second-order valence-corrected chi connectivity index (χ2v) is 6.88. The van der Waals surface area contributed by atoms with Crippen LogP contribution in [0.5, 0.6) is 0 Å². The number of fused-ring (bicyclic) bond motifs is 1. The number of carbonyl (C=O) groups excluding carboxylic acids is 2. The van der Waals surface area contributed by atoms with Crippen molar-refractivity contribution in [3.8, 4) is 0 Å². The average Bonchev–Trinajstić information content (AvgIpc) is 2.95. The molecule has 0 fully saturated rings. The molecule has 1 heterocycles. The van der Waals surface area contributed by atoms with Crippen molar-refractivity contribution in [2.45, 2.75) is 32.5 Å². The molecule has 4 nitrogen and oxygen atoms in total. The van der Waals surface area contributed by atoms with Crippen molar-refractivity contribution in [2.24, 2.45) is 5.92 Å². The van der Waals surface area contributed by atoms with Gasteiger partial charge in [0.05, 0.1) is 23.8 Å². The second-order valence-electron chi connectivity index (χ2n) is 6.88. The Labute approximate surface area is 160 Å². The molecule has 2 amide bonds. The summed E-state index contributed by atoms with van der Waals surface area (Å²) in [7, 11) is 0. The van der Waals surface area contributed by atoms with Crippen LogP contribution in [0.1, 0.15) is 46.0 Å². The van der Waals surface area contributed by atoms with Crippen molar-refractivity contribution in [3.05, 3.63) is 83.9 Å². The van der Waals surface area contributed by atoms with E-state index in [4.69, 9.17) is 4.74 Å². The van der Waals surface area contributed by atoms with Gasteiger partial charge in [0, 0.05) is 6.54 Å². The van der Waals surface area contributed by atoms with Gasteiger partial charge in [-0.1, -0.05) is 55.5 Å². The van der Waals surface area contributed by atoms with Gasteiger partial charge in [-0.15, -0.1) is 6.58 Å². The average molecular weight is 363 g/mol. The standard InChI is InChI=1S/C23H25NO3/c1-3-17(2)21(27-16-18-10-5-4-6-11-18)14-9-15-24-22(25)19-12-7-8-13-20(19)23(24)26/h3-8,10-13,17,21H,1,9,14-16H2,2H3/t17-,21+/m0/s1. The Hall–Kier alpha value is -2.72. The molecule has 0 N–H and O–H groups in total. The Morgan fingerprint density at radius 2 is 1.59 bits per heavy atom. The van der Waals surface area contributed by atoms with Crippen LogP contribution in [-0.4, -0.2) is 29.4 Å². The van der Waals surface area contributed by atoms with Gasteiger partial charge in [0.15, 0.2) is 0 Å². The molecule has 3 rings (SSSR count). The summed E-state index contributed by atoms with van der Waals surface area (Å²) in [6.45, 7) is 6.89. The monoisotopic (exact) mass is 363 g/mol. The van der Waals surface area contributed by atoms with Gasteiger partial charge in [0.25, 0.3) is 11.8 Å². The molecule has 140 valence electrons. The molecule has 2 aromatic carbocycles. The van der Waals surface area contributed by atoms with Crippen molar-refractivity contribution < 1.29 is 14.3 Å². The number of amides is 2. The zero-order chi connectivity index (χ0) is 19.2. The molecule has 0 spiro atoms. The van der Waals surface area contributed by atoms with Gasteiger partial charge in [-0.3, -0.25) is 14.5 Å². The zero-order valence-corrected chi connectivity index (χ0v) is 15.6. The van der Waals surface area contributed by atoms with Crippen LogP contribution >= 0.6 is 0 Å². The number of hydrogen-bond donors (Lipinski definition) is 0. The van der Waals surface area contributed by atoms with Gasteiger partial charge in [-0.25, -0.2) is 0 Å². The molecule has 1 aliphatic heterocycles. The van der Waals surface area contributed by atoms with E-state index in [1.165, 1.54) is 4.90 Å². The zero-order valence-electron chi connectivity index (χ0n) is 15.6. The molecule has 0 bridgehead atoms. The van der Waals surface area contributed by atoms with Gasteiger partial charge >= 0.3 is 0 Å². The Morgan fingerprint density at radius 1 is 1.00 bits per heavy atom. The summed E-state index contributed by atoms with van der Waals surface area (Å²) < 4.78 is 6.10. The summed E-state index contributed by atoms with van der Waals surface area (Å²) in [6.07, 6.45) is 3.34. The molecule has 2 aromatic rings. The fraction of sp³-hybridized carbons (Fsp3) is 0.304. The lowest BCUT2D eigenvalue weighted by atomic mass is 10.00. The Kier molecular flexibility index (Phi) is 6.20. The minimum atomic E-state index is -0.200. The van der Waals surface area contributed by atoms with Gasteiger partial charge in [0.1, 0.15) is 0 Å². The molecule has 0 aromatic heterocycles. The summed E-state index contributed by atoms with van der Waals surface area (Å²) in [4.78, 5) is 26.2. The normalized spacial score (nSPS) is 15.5. The summed E-state index contributed by atoms with van der Waals surface area (Å²) in [6, 6.07) is 17.0. The topological polar surface area (TPSA) is 46.6 Å². The summed E-state index contributed by atoms with van der Waals surface area (Å²) in [5, 5.41) is 0. The first kappa shape index (κ1) is 19.1. The lowest BCUT2D eigenvalue weighted by Gasteiger charge is -2.23. The van der Waals surface area contributed by atoms with Gasteiger partial charge < -0.3 is 4.74 Å². The number of imide groups is 1. The first-order chi connectivity index (χ1) is 13.1. The van der Waals surface area contributed by atoms with E-state index < -0.39 is 0 Å². The molecule has 0 aliphatic carbocycles. The molecular weight excluding hydrogens is 338 g/mol. The van der Waals surface area contributed by atoms with Crippen LogP contribution < -0.4 is 0 Å². The van der Waals surface area contributed by atoms with Gasteiger partial charge in [-0.05, 0) is 36.5 Å². The Bertz CT molecular complexity index is 780. The number of ether oxygens (including phenoxy) is 1. The molecule has 0 saturated heterocycles. The van der Waals surface area contributed by atoms with Crippen LogP contribution in [0, 0.1) is 5.92 Å². The third kappa shape index (κ3) is 4.34. The molecule has 1 aliphatic rings. The lowest BCUT2D eigenvalue weighted by molar-refractivity contribution is 0.00993. The summed E-state index contributed by atoms with van der Waals surface area (Å²) in [5.74, 6) is -0.209. The van der Waals surface area contributed by atoms with Crippen molar-refractivity contribution in [1.29, 1.82) is 0 Å². The predicted molar refractivity (Wildman–Crippen MR) is 105 cm³/mol. The molecular formula is C23H25NO3. The molecule has 4 heteroatoms. The van der Waals surface area contributed by atoms with Crippen LogP contribution in [-0.2, 0) is 11.3 Å². The maximum absolute atomic E-state index is 12.4. The third-order valence-corrected chi connectivity index (χ3v) is 5.01. The van der Waals surface area contributed by atoms with Crippen LogP contribution in [0.2, 0.25) is 0 Å². The van der Waals surface area contributed by atoms with Crippen molar-refractivity contribution in [2.75, 3.05) is 6.54 Å². The maximum Gasteiger partial charge on any atom is 0.261 e. The van der Waals surface area contributed by atoms with E-state index in [0.717, 1.165) is 12.0 Å². The third-order valence-electron chi connectivity index (χ3n) is 5.01. The largest absolute Gasteiger partial charge is 0.373 e. The van der Waals surface area contributed by atoms with E-state index in [2.05, 4.69) is 13.5 Å². The minimum absolute atomic E-state index is 0.00196. The smallest absolute Gasteiger partial charge is 0.261 e. The van der Waals surface area contributed by atoms with E-state index in [1.807, 2.05) is 36.4 Å². The highest BCUT2D eigenvalue weighted by Crippen LogP contribution is 2.24. The van der Waals surface area contributed by atoms with Gasteiger partial charge in [-0.2, -0.15) is 0 Å². The fourth-order valence-corrected chi connectivity index (χ4v) is 3.32. The quantitative estimate of drug-likeness (QED) is 0.488. The van der Waals surface area contributed by atoms with E-state index in [-0.39, 0.29) is 23.8 Å². The highest BCUT2D eigenvalue weighted by molar-refractivity contribution is 6.21. The number of hydrogen-bond acceptors (Lipinski definition) is 3. The number of benzene rings is 2. The van der Waals surface area contributed by atoms with Crippen LogP contribution in [0.4, 0.5) is 0 Å². The lowest BCUT2D eigenvalue weighted by Crippen LogP contribution is -2.32. The Morgan fingerprint density at radius 3 is 2.19 bits per heavy atom. The van der Waals surface area contributed by atoms with Crippen molar-refractivity contribution >= 4 is 11.8 Å². The van der Waals surface area contributed by atoms with E-state index in [0.29, 0.717) is 30.7 Å². The van der Waals surface area contributed by atoms with Crippen LogP contribution in [0.15, 0.2) is 67.3 Å². The molecule has 0 radical (unpaired) electrons. The molecule has 2 atom stereocenters. The summed E-state index contributed by atoms with van der Waals surface area (Å²) >= 11 is 0. The van der Waals surface area contributed by atoms with Gasteiger partial charge in [0.2, 0.25) is 0 Å². The predicted octanol–water partition coefficient (Wildman–Crippen LogP) is 4.47. The first-order valence-electron chi connectivity index (χ1n) is 9.35. The SMILES string of the molecule is C=C[C@H](C)[C@@H](CCCN1C(=O)c2ccccc2C1=O)OCc1ccccc1. The summed E-state index contributed by atoms with van der Waals surface area (Å²) in [5.41, 5.74) is 2.12. The fourth-order valence-electron chi connectivity index (χ4n) is 3.32. The van der Waals surface area contributed by atoms with Crippen molar-refractivity contribution in [1.82, 2.24) is 4.90 Å². The Balaban J connectivity index is 1.56. The highest BCUT2D eigenvalue weighted by Gasteiger charge is 2.34. The first-order valence-corrected chi connectivity index (χ1v) is 9.35. The van der Waals surface area contributed by atoms with Crippen LogP contribution in [0.3, 0.4) is 0 Å². The van der Waals surface area contributed by atoms with E-state index in [9.17, 15) is 9.59 Å². The maximum atomic E-state index is 12.4. The van der Waals surface area contributed by atoms with E-state index >= 15 is 0 Å². The van der Waals surface area contributed by atoms with Crippen LogP contribution in [0.25, 0.3) is 0 Å². The second kappa shape index (κ2) is 8.78. The highest BCUT2D eigenvalue weighted by atomic mass is 16.5. The number of carbonyl (C=O) groups is 2. The minimum Gasteiger partial charge on any atom is -0.373 e. The van der Waals surface area contributed by atoms with Crippen molar-refractivity contribution in [3.63, 3.8) is 0 Å². The van der Waals surface area contributed by atoms with E-state index in [1.54, 1.807) is 24.3 Å².